The van der Waals surface area contributed by atoms with E-state index >= 15 is 0 Å². The zero-order chi connectivity index (χ0) is 21.5. The number of aliphatic carboxylic acids is 2. The molecule has 1 saturated heterocycles. The SMILES string of the molecule is O=C([O-])C(=O)[O-].O=C1COc2ccccc2N1C1CCN(CCc2ccccc2)C1. The van der Waals surface area contributed by atoms with Crippen LogP contribution in [0.1, 0.15) is 12.0 Å². The van der Waals surface area contributed by atoms with Crippen LogP contribution in [0.25, 0.3) is 0 Å². The van der Waals surface area contributed by atoms with Crippen molar-refractivity contribution in [1.82, 2.24) is 4.90 Å². The Morgan fingerprint density at radius 1 is 1.00 bits per heavy atom. The van der Waals surface area contributed by atoms with Crippen LogP contribution in [-0.4, -0.2) is 55.0 Å². The van der Waals surface area contributed by atoms with E-state index in [-0.39, 0.29) is 18.6 Å². The minimum absolute atomic E-state index is 0.0728. The number of carbonyl (C=O) groups excluding carboxylic acids is 3. The van der Waals surface area contributed by atoms with E-state index in [1.54, 1.807) is 0 Å². The highest BCUT2D eigenvalue weighted by molar-refractivity contribution is 6.25. The number of carbonyl (C=O) groups is 3. The molecule has 1 fully saturated rings. The fourth-order valence-corrected chi connectivity index (χ4v) is 3.68. The Bertz CT molecular complexity index is 890. The molecule has 1 atom stereocenters. The number of hydrogen-bond donors (Lipinski definition) is 0. The Kier molecular flexibility index (Phi) is 7.03. The van der Waals surface area contributed by atoms with Crippen molar-refractivity contribution >= 4 is 23.5 Å². The van der Waals surface area contributed by atoms with Gasteiger partial charge in [-0.15, -0.1) is 0 Å². The summed E-state index contributed by atoms with van der Waals surface area (Å²) >= 11 is 0. The van der Waals surface area contributed by atoms with Gasteiger partial charge in [0.1, 0.15) is 5.75 Å². The molecular formula is C22H22N2O6-2. The second-order valence-corrected chi connectivity index (χ2v) is 7.07. The summed E-state index contributed by atoms with van der Waals surface area (Å²) in [5.74, 6) is -3.48. The molecular weight excluding hydrogens is 388 g/mol. The van der Waals surface area contributed by atoms with Gasteiger partial charge in [0, 0.05) is 19.6 Å². The van der Waals surface area contributed by atoms with E-state index < -0.39 is 11.9 Å². The lowest BCUT2D eigenvalue weighted by Gasteiger charge is -2.34. The summed E-state index contributed by atoms with van der Waals surface area (Å²) in [4.78, 5) is 34.7. The van der Waals surface area contributed by atoms with Crippen LogP contribution in [0.15, 0.2) is 54.6 Å². The van der Waals surface area contributed by atoms with Crippen LogP contribution in [0, 0.1) is 0 Å². The fraction of sp³-hybridized carbons (Fsp3) is 0.318. The first kappa shape index (κ1) is 21.3. The Balaban J connectivity index is 0.000000377. The van der Waals surface area contributed by atoms with Crippen molar-refractivity contribution in [2.45, 2.75) is 18.9 Å². The van der Waals surface area contributed by atoms with Crippen molar-refractivity contribution < 1.29 is 29.3 Å². The van der Waals surface area contributed by atoms with Crippen LogP contribution in [-0.2, 0) is 20.8 Å². The van der Waals surface area contributed by atoms with Gasteiger partial charge in [0.05, 0.1) is 23.7 Å². The number of anilines is 1. The molecule has 0 aromatic heterocycles. The minimum atomic E-state index is -2.19. The lowest BCUT2D eigenvalue weighted by Crippen LogP contribution is -2.47. The summed E-state index contributed by atoms with van der Waals surface area (Å²) in [6.45, 7) is 3.18. The first-order valence-electron chi connectivity index (χ1n) is 9.68. The third-order valence-corrected chi connectivity index (χ3v) is 5.08. The molecule has 30 heavy (non-hydrogen) atoms. The van der Waals surface area contributed by atoms with Gasteiger partial charge in [-0.3, -0.25) is 4.79 Å². The summed E-state index contributed by atoms with van der Waals surface area (Å²) in [6.07, 6.45) is 2.08. The zero-order valence-electron chi connectivity index (χ0n) is 16.4. The number of likely N-dealkylation sites (tertiary alicyclic amines) is 1. The van der Waals surface area contributed by atoms with Crippen molar-refractivity contribution in [3.63, 3.8) is 0 Å². The number of carboxylic acids is 2. The Labute approximate surface area is 174 Å². The highest BCUT2D eigenvalue weighted by atomic mass is 16.5. The molecule has 0 N–H and O–H groups in total. The number of para-hydroxylation sites is 2. The molecule has 8 nitrogen and oxygen atoms in total. The third kappa shape index (κ3) is 5.36. The summed E-state index contributed by atoms with van der Waals surface area (Å²) in [6, 6.07) is 18.7. The second kappa shape index (κ2) is 9.89. The first-order valence-corrected chi connectivity index (χ1v) is 9.68. The molecule has 8 heteroatoms. The number of carboxylic acid groups (broad SMARTS) is 2. The maximum atomic E-state index is 12.4. The monoisotopic (exact) mass is 410 g/mol. The molecule has 158 valence electrons. The quantitative estimate of drug-likeness (QED) is 0.608. The van der Waals surface area contributed by atoms with Crippen molar-refractivity contribution in [2.24, 2.45) is 0 Å². The second-order valence-electron chi connectivity index (χ2n) is 7.07. The maximum Gasteiger partial charge on any atom is 0.265 e. The number of hydrogen-bond acceptors (Lipinski definition) is 7. The van der Waals surface area contributed by atoms with Gasteiger partial charge in [0.15, 0.2) is 6.61 Å². The summed E-state index contributed by atoms with van der Waals surface area (Å²) in [5, 5.41) is 17.9. The Morgan fingerprint density at radius 2 is 1.67 bits per heavy atom. The predicted octanol–water partition coefficient (Wildman–Crippen LogP) is -0.785. The van der Waals surface area contributed by atoms with E-state index in [2.05, 4.69) is 35.2 Å². The van der Waals surface area contributed by atoms with Crippen LogP contribution in [0.4, 0.5) is 5.69 Å². The Morgan fingerprint density at radius 3 is 2.37 bits per heavy atom. The van der Waals surface area contributed by atoms with Crippen LogP contribution in [0.5, 0.6) is 5.75 Å². The highest BCUT2D eigenvalue weighted by Crippen LogP contribution is 2.34. The number of rotatable bonds is 4. The van der Waals surface area contributed by atoms with Crippen LogP contribution in [0.3, 0.4) is 0 Å². The molecule has 1 amide bonds. The average molecular weight is 410 g/mol. The molecule has 4 rings (SSSR count). The molecule has 0 radical (unpaired) electrons. The molecule has 2 heterocycles. The van der Waals surface area contributed by atoms with Gasteiger partial charge in [-0.2, -0.15) is 0 Å². The number of benzene rings is 2. The van der Waals surface area contributed by atoms with Gasteiger partial charge in [-0.05, 0) is 30.5 Å². The molecule has 0 saturated carbocycles. The van der Waals surface area contributed by atoms with E-state index in [1.165, 1.54) is 5.56 Å². The summed E-state index contributed by atoms with van der Waals surface area (Å²) in [5.41, 5.74) is 2.29. The minimum Gasteiger partial charge on any atom is -0.543 e. The topological polar surface area (TPSA) is 113 Å². The van der Waals surface area contributed by atoms with Gasteiger partial charge >= 0.3 is 0 Å². The number of nitrogens with zero attached hydrogens (tertiary/aromatic N) is 2. The highest BCUT2D eigenvalue weighted by Gasteiger charge is 2.35. The molecule has 1 unspecified atom stereocenters. The molecule has 2 aliphatic heterocycles. The van der Waals surface area contributed by atoms with E-state index in [4.69, 9.17) is 24.5 Å². The summed E-state index contributed by atoms with van der Waals surface area (Å²) < 4.78 is 5.55. The van der Waals surface area contributed by atoms with Crippen molar-refractivity contribution in [2.75, 3.05) is 31.1 Å². The zero-order valence-corrected chi connectivity index (χ0v) is 16.4. The van der Waals surface area contributed by atoms with Gasteiger partial charge in [-0.1, -0.05) is 42.5 Å². The van der Waals surface area contributed by atoms with Gasteiger partial charge < -0.3 is 34.3 Å². The van der Waals surface area contributed by atoms with Crippen molar-refractivity contribution in [3.05, 3.63) is 60.2 Å². The fourth-order valence-electron chi connectivity index (χ4n) is 3.68. The van der Waals surface area contributed by atoms with Crippen LogP contribution < -0.4 is 19.8 Å². The first-order chi connectivity index (χ1) is 14.5. The van der Waals surface area contributed by atoms with Crippen molar-refractivity contribution in [3.8, 4) is 5.75 Å². The van der Waals surface area contributed by atoms with Gasteiger partial charge in [0.25, 0.3) is 5.91 Å². The molecule has 2 aliphatic rings. The maximum absolute atomic E-state index is 12.4. The largest absolute Gasteiger partial charge is 0.543 e. The molecule has 0 aliphatic carbocycles. The number of amides is 1. The lowest BCUT2D eigenvalue weighted by molar-refractivity contribution is -0.345. The van der Waals surface area contributed by atoms with E-state index in [1.807, 2.05) is 29.2 Å². The number of ether oxygens (including phenoxy) is 1. The van der Waals surface area contributed by atoms with Crippen molar-refractivity contribution in [1.29, 1.82) is 0 Å². The normalized spacial score (nSPS) is 18.1. The standard InChI is InChI=1S/C20H22N2O2.C2H2O4/c23-20-15-24-19-9-5-4-8-18(19)22(20)17-11-13-21(14-17)12-10-16-6-2-1-3-7-16;3-1(4)2(5)6/h1-9,17H,10-15H2;(H,3,4)(H,5,6)/p-2. The molecule has 2 aromatic rings. The van der Waals surface area contributed by atoms with E-state index in [0.717, 1.165) is 43.9 Å². The summed E-state index contributed by atoms with van der Waals surface area (Å²) in [7, 11) is 0. The van der Waals surface area contributed by atoms with E-state index in [9.17, 15) is 4.79 Å². The molecule has 2 aromatic carbocycles. The smallest absolute Gasteiger partial charge is 0.265 e. The number of fused-ring (bicyclic) bond motifs is 1. The Hall–Kier alpha value is -3.39. The lowest BCUT2D eigenvalue weighted by atomic mass is 10.1. The van der Waals surface area contributed by atoms with Crippen LogP contribution in [0.2, 0.25) is 0 Å². The molecule has 0 spiro atoms. The van der Waals surface area contributed by atoms with Crippen LogP contribution >= 0.6 is 0 Å². The van der Waals surface area contributed by atoms with E-state index in [0.29, 0.717) is 0 Å². The average Bonchev–Trinajstić information content (AvgIpc) is 3.22. The predicted molar refractivity (Wildman–Crippen MR) is 104 cm³/mol. The van der Waals surface area contributed by atoms with Gasteiger partial charge in [-0.25, -0.2) is 0 Å². The van der Waals surface area contributed by atoms with Gasteiger partial charge in [0.2, 0.25) is 0 Å². The molecule has 0 bridgehead atoms. The third-order valence-electron chi connectivity index (χ3n) is 5.08.